The normalized spacial score (nSPS) is 19.8. The zero-order valence-electron chi connectivity index (χ0n) is 10.9. The van der Waals surface area contributed by atoms with E-state index in [9.17, 15) is 4.79 Å². The molecule has 1 heterocycles. The Labute approximate surface area is 105 Å². The number of carbonyl (C=O) groups excluding carboxylic acids is 1. The lowest BCUT2D eigenvalue weighted by Gasteiger charge is -2.16. The van der Waals surface area contributed by atoms with Gasteiger partial charge in [-0.1, -0.05) is 44.4 Å². The van der Waals surface area contributed by atoms with E-state index in [1.165, 1.54) is 32.1 Å². The lowest BCUT2D eigenvalue weighted by molar-refractivity contribution is -0.147. The standard InChI is InChI=1S/C15H24O2/c1-2-3-4-5-6-7-8-9-11-14-12-10-13-15(16)17-14/h7-8,10,12,14H,2-6,9,11,13H2,1H3/b8-7+. The van der Waals surface area contributed by atoms with Gasteiger partial charge < -0.3 is 4.74 Å². The molecular weight excluding hydrogens is 212 g/mol. The van der Waals surface area contributed by atoms with E-state index in [4.69, 9.17) is 4.74 Å². The van der Waals surface area contributed by atoms with Gasteiger partial charge in [0.05, 0.1) is 6.42 Å². The summed E-state index contributed by atoms with van der Waals surface area (Å²) in [6.45, 7) is 2.23. The fraction of sp³-hybridized carbons (Fsp3) is 0.667. The Hall–Kier alpha value is -1.05. The molecule has 0 saturated heterocycles. The molecule has 0 aromatic carbocycles. The van der Waals surface area contributed by atoms with E-state index in [2.05, 4.69) is 19.1 Å². The summed E-state index contributed by atoms with van der Waals surface area (Å²) >= 11 is 0. The van der Waals surface area contributed by atoms with Crippen LogP contribution >= 0.6 is 0 Å². The van der Waals surface area contributed by atoms with Crippen LogP contribution < -0.4 is 0 Å². The lowest BCUT2D eigenvalue weighted by atomic mass is 10.1. The Balaban J connectivity index is 1.99. The zero-order chi connectivity index (χ0) is 12.3. The zero-order valence-corrected chi connectivity index (χ0v) is 10.9. The Morgan fingerprint density at radius 1 is 1.29 bits per heavy atom. The predicted molar refractivity (Wildman–Crippen MR) is 70.8 cm³/mol. The number of unbranched alkanes of at least 4 members (excludes halogenated alkanes) is 4. The molecule has 0 bridgehead atoms. The third kappa shape index (κ3) is 6.98. The molecule has 0 amide bonds. The summed E-state index contributed by atoms with van der Waals surface area (Å²) in [6.07, 6.45) is 17.2. The van der Waals surface area contributed by atoms with Crippen molar-refractivity contribution in [3.05, 3.63) is 24.3 Å². The number of allylic oxidation sites excluding steroid dienone is 2. The van der Waals surface area contributed by atoms with Crippen molar-refractivity contribution in [2.45, 2.75) is 64.4 Å². The molecule has 1 aliphatic heterocycles. The second-order valence-electron chi connectivity index (χ2n) is 4.56. The van der Waals surface area contributed by atoms with Crippen molar-refractivity contribution in [3.8, 4) is 0 Å². The van der Waals surface area contributed by atoms with Gasteiger partial charge in [-0.3, -0.25) is 4.79 Å². The van der Waals surface area contributed by atoms with E-state index in [1.807, 2.05) is 12.2 Å². The van der Waals surface area contributed by atoms with E-state index in [0.717, 1.165) is 12.8 Å². The van der Waals surface area contributed by atoms with Gasteiger partial charge in [-0.15, -0.1) is 0 Å². The molecule has 2 nitrogen and oxygen atoms in total. The van der Waals surface area contributed by atoms with Crippen LogP contribution in [0.25, 0.3) is 0 Å². The van der Waals surface area contributed by atoms with Crippen LogP contribution in [0, 0.1) is 0 Å². The maximum absolute atomic E-state index is 11.0. The molecule has 1 atom stereocenters. The number of rotatable bonds is 8. The fourth-order valence-corrected chi connectivity index (χ4v) is 1.91. The van der Waals surface area contributed by atoms with Crippen molar-refractivity contribution in [2.24, 2.45) is 0 Å². The minimum atomic E-state index is -0.0963. The van der Waals surface area contributed by atoms with Crippen molar-refractivity contribution >= 4 is 5.97 Å². The van der Waals surface area contributed by atoms with Gasteiger partial charge in [0.2, 0.25) is 0 Å². The Morgan fingerprint density at radius 2 is 2.12 bits per heavy atom. The third-order valence-electron chi connectivity index (χ3n) is 2.93. The molecule has 0 aliphatic carbocycles. The number of esters is 1. The maximum atomic E-state index is 11.0. The number of carbonyl (C=O) groups is 1. The largest absolute Gasteiger partial charge is 0.458 e. The van der Waals surface area contributed by atoms with Crippen LogP contribution in [0.5, 0.6) is 0 Å². The summed E-state index contributed by atoms with van der Waals surface area (Å²) in [5.41, 5.74) is 0. The van der Waals surface area contributed by atoms with Crippen LogP contribution in [0.3, 0.4) is 0 Å². The SMILES string of the molecule is CCCCCC/C=C/CCC1C=CCC(=O)O1. The number of cyclic esters (lactones) is 1. The fourth-order valence-electron chi connectivity index (χ4n) is 1.91. The van der Waals surface area contributed by atoms with Crippen molar-refractivity contribution in [2.75, 3.05) is 0 Å². The predicted octanol–water partition coefficient (Wildman–Crippen LogP) is 4.16. The highest BCUT2D eigenvalue weighted by molar-refractivity contribution is 5.72. The minimum absolute atomic E-state index is 0.000918. The van der Waals surface area contributed by atoms with Gasteiger partial charge in [-0.05, 0) is 31.8 Å². The number of hydrogen-bond donors (Lipinski definition) is 0. The summed E-state index contributed by atoms with van der Waals surface area (Å²) in [4.78, 5) is 11.0. The summed E-state index contributed by atoms with van der Waals surface area (Å²) in [6, 6.07) is 0. The second-order valence-corrected chi connectivity index (χ2v) is 4.56. The van der Waals surface area contributed by atoms with E-state index in [-0.39, 0.29) is 12.1 Å². The van der Waals surface area contributed by atoms with Gasteiger partial charge in [0.25, 0.3) is 0 Å². The molecule has 0 aromatic rings. The Bertz CT molecular complexity index is 266. The van der Waals surface area contributed by atoms with Crippen molar-refractivity contribution in [1.29, 1.82) is 0 Å². The molecular formula is C15H24O2. The second kappa shape index (κ2) is 9.03. The van der Waals surface area contributed by atoms with E-state index < -0.39 is 0 Å². The number of hydrogen-bond acceptors (Lipinski definition) is 2. The minimum Gasteiger partial charge on any atom is -0.458 e. The highest BCUT2D eigenvalue weighted by atomic mass is 16.5. The van der Waals surface area contributed by atoms with Crippen molar-refractivity contribution in [3.63, 3.8) is 0 Å². The molecule has 17 heavy (non-hydrogen) atoms. The first-order chi connectivity index (χ1) is 8.33. The number of ether oxygens (including phenoxy) is 1. The van der Waals surface area contributed by atoms with Crippen molar-refractivity contribution < 1.29 is 9.53 Å². The Morgan fingerprint density at radius 3 is 2.88 bits per heavy atom. The highest BCUT2D eigenvalue weighted by Crippen LogP contribution is 2.12. The van der Waals surface area contributed by atoms with Gasteiger partial charge in [0, 0.05) is 0 Å². The molecule has 0 radical (unpaired) electrons. The first-order valence-electron chi connectivity index (χ1n) is 6.84. The van der Waals surface area contributed by atoms with Gasteiger partial charge in [0.15, 0.2) is 0 Å². The molecule has 96 valence electrons. The van der Waals surface area contributed by atoms with E-state index >= 15 is 0 Å². The van der Waals surface area contributed by atoms with Crippen LogP contribution in [0.15, 0.2) is 24.3 Å². The van der Waals surface area contributed by atoms with Gasteiger partial charge in [0.1, 0.15) is 6.10 Å². The van der Waals surface area contributed by atoms with Crippen LogP contribution in [0.4, 0.5) is 0 Å². The van der Waals surface area contributed by atoms with Crippen LogP contribution in [0.2, 0.25) is 0 Å². The molecule has 1 unspecified atom stereocenters. The summed E-state index contributed by atoms with van der Waals surface area (Å²) in [7, 11) is 0. The maximum Gasteiger partial charge on any atom is 0.310 e. The average Bonchev–Trinajstić information content (AvgIpc) is 2.33. The quantitative estimate of drug-likeness (QED) is 0.359. The topological polar surface area (TPSA) is 26.3 Å². The first-order valence-corrected chi connectivity index (χ1v) is 6.84. The molecule has 1 rings (SSSR count). The molecule has 0 saturated carbocycles. The van der Waals surface area contributed by atoms with Gasteiger partial charge in [-0.25, -0.2) is 0 Å². The van der Waals surface area contributed by atoms with Crippen LogP contribution in [0.1, 0.15) is 58.3 Å². The van der Waals surface area contributed by atoms with Gasteiger partial charge >= 0.3 is 5.97 Å². The van der Waals surface area contributed by atoms with Crippen LogP contribution in [-0.2, 0) is 9.53 Å². The van der Waals surface area contributed by atoms with E-state index in [1.54, 1.807) is 0 Å². The molecule has 0 N–H and O–H groups in total. The average molecular weight is 236 g/mol. The monoisotopic (exact) mass is 236 g/mol. The Kier molecular flexibility index (Phi) is 7.44. The summed E-state index contributed by atoms with van der Waals surface area (Å²) < 4.78 is 5.19. The molecule has 0 fully saturated rings. The summed E-state index contributed by atoms with van der Waals surface area (Å²) in [5.74, 6) is -0.0963. The molecule has 0 spiro atoms. The molecule has 2 heteroatoms. The molecule has 0 aromatic heterocycles. The van der Waals surface area contributed by atoms with Gasteiger partial charge in [-0.2, -0.15) is 0 Å². The van der Waals surface area contributed by atoms with E-state index in [0.29, 0.717) is 6.42 Å². The summed E-state index contributed by atoms with van der Waals surface area (Å²) in [5, 5.41) is 0. The lowest BCUT2D eigenvalue weighted by Crippen LogP contribution is -2.18. The highest BCUT2D eigenvalue weighted by Gasteiger charge is 2.13. The van der Waals surface area contributed by atoms with Crippen molar-refractivity contribution in [1.82, 2.24) is 0 Å². The first kappa shape index (κ1) is 14.0. The van der Waals surface area contributed by atoms with Crippen LogP contribution in [-0.4, -0.2) is 12.1 Å². The third-order valence-corrected chi connectivity index (χ3v) is 2.93. The smallest absolute Gasteiger partial charge is 0.310 e. The molecule has 1 aliphatic rings.